The molecule has 37 heavy (non-hydrogen) atoms. The number of rotatable bonds is 11. The van der Waals surface area contributed by atoms with Crippen LogP contribution in [-0.2, 0) is 0 Å². The normalized spacial score (nSPS) is 17.6. The fraction of sp³-hybridized carbons (Fsp3) is 0.455. The predicted molar refractivity (Wildman–Crippen MR) is 146 cm³/mol. The molecule has 1 saturated carbocycles. The van der Waals surface area contributed by atoms with Gasteiger partial charge in [0.05, 0.1) is 6.61 Å². The molecule has 0 aromatic heterocycles. The number of hydrogen-bond donors (Lipinski definition) is 0. The van der Waals surface area contributed by atoms with Gasteiger partial charge in [-0.3, -0.25) is 0 Å². The minimum absolute atomic E-state index is 0.0909. The van der Waals surface area contributed by atoms with Crippen molar-refractivity contribution in [3.63, 3.8) is 0 Å². The van der Waals surface area contributed by atoms with Crippen molar-refractivity contribution in [1.82, 2.24) is 0 Å². The smallest absolute Gasteiger partial charge is 0.201 e. The van der Waals surface area contributed by atoms with E-state index in [0.29, 0.717) is 11.5 Å². The SMILES string of the molecule is CCCCCCCC1CCC(c2ccc(-c3ccc(-c4ccc(OCC)c(F)c4F)cc3)cc2F)CC1. The third-order valence-electron chi connectivity index (χ3n) is 7.88. The number of halogens is 3. The molecule has 0 aliphatic heterocycles. The maximum Gasteiger partial charge on any atom is 0.201 e. The third kappa shape index (κ3) is 6.77. The van der Waals surface area contributed by atoms with E-state index in [2.05, 4.69) is 6.92 Å². The molecule has 1 fully saturated rings. The van der Waals surface area contributed by atoms with Crippen molar-refractivity contribution in [2.75, 3.05) is 6.61 Å². The quantitative estimate of drug-likeness (QED) is 0.234. The Hall–Kier alpha value is -2.75. The van der Waals surface area contributed by atoms with Crippen LogP contribution in [0.15, 0.2) is 54.6 Å². The first-order valence-corrected chi connectivity index (χ1v) is 14.0. The number of ether oxygens (including phenoxy) is 1. The first-order valence-electron chi connectivity index (χ1n) is 14.0. The number of benzene rings is 3. The zero-order valence-electron chi connectivity index (χ0n) is 22.2. The molecule has 1 nitrogen and oxygen atoms in total. The van der Waals surface area contributed by atoms with Gasteiger partial charge in [0.15, 0.2) is 11.6 Å². The Kier molecular flexibility index (Phi) is 9.71. The van der Waals surface area contributed by atoms with E-state index in [4.69, 9.17) is 4.74 Å². The van der Waals surface area contributed by atoms with E-state index in [9.17, 15) is 8.78 Å². The van der Waals surface area contributed by atoms with Crippen LogP contribution in [0.25, 0.3) is 22.3 Å². The first-order chi connectivity index (χ1) is 18.0. The standard InChI is InChI=1S/C33H39F3O/c1-3-5-6-7-8-9-23-10-12-25(13-11-23)28-19-18-27(22-30(28)34)24-14-16-26(17-15-24)29-20-21-31(37-4-2)33(36)32(29)35/h14-23,25H,3-13H2,1-2H3. The highest BCUT2D eigenvalue weighted by atomic mass is 19.2. The molecule has 1 aliphatic rings. The topological polar surface area (TPSA) is 9.23 Å². The summed E-state index contributed by atoms with van der Waals surface area (Å²) in [6.07, 6.45) is 12.5. The van der Waals surface area contributed by atoms with Crippen molar-refractivity contribution in [3.05, 3.63) is 77.6 Å². The summed E-state index contributed by atoms with van der Waals surface area (Å²) in [5.41, 5.74) is 3.18. The van der Waals surface area contributed by atoms with Gasteiger partial charge in [0, 0.05) is 5.56 Å². The Morgan fingerprint density at radius 3 is 2.05 bits per heavy atom. The Morgan fingerprint density at radius 2 is 1.38 bits per heavy atom. The van der Waals surface area contributed by atoms with E-state index in [-0.39, 0.29) is 23.7 Å². The number of unbranched alkanes of at least 4 members (excludes halogenated alkanes) is 4. The lowest BCUT2D eigenvalue weighted by Crippen LogP contribution is -2.14. The molecule has 0 N–H and O–H groups in total. The average molecular weight is 509 g/mol. The molecule has 3 aromatic carbocycles. The van der Waals surface area contributed by atoms with E-state index >= 15 is 4.39 Å². The van der Waals surface area contributed by atoms with Gasteiger partial charge in [-0.05, 0) is 84.9 Å². The highest BCUT2D eigenvalue weighted by molar-refractivity contribution is 5.71. The highest BCUT2D eigenvalue weighted by Gasteiger charge is 2.24. The highest BCUT2D eigenvalue weighted by Crippen LogP contribution is 2.39. The Balaban J connectivity index is 1.38. The molecule has 0 heterocycles. The fourth-order valence-electron chi connectivity index (χ4n) is 5.70. The summed E-state index contributed by atoms with van der Waals surface area (Å²) >= 11 is 0. The maximum absolute atomic E-state index is 15.2. The van der Waals surface area contributed by atoms with Crippen molar-refractivity contribution in [1.29, 1.82) is 0 Å². The van der Waals surface area contributed by atoms with Crippen LogP contribution in [-0.4, -0.2) is 6.61 Å². The van der Waals surface area contributed by atoms with E-state index in [1.807, 2.05) is 24.3 Å². The minimum atomic E-state index is -0.984. The summed E-state index contributed by atoms with van der Waals surface area (Å²) in [5, 5.41) is 0. The molecule has 0 atom stereocenters. The van der Waals surface area contributed by atoms with Gasteiger partial charge in [0.2, 0.25) is 5.82 Å². The third-order valence-corrected chi connectivity index (χ3v) is 7.88. The van der Waals surface area contributed by atoms with E-state index in [0.717, 1.165) is 35.4 Å². The molecular formula is C33H39F3O. The Labute approximate surface area is 220 Å². The summed E-state index contributed by atoms with van der Waals surface area (Å²) in [7, 11) is 0. The second-order valence-corrected chi connectivity index (χ2v) is 10.4. The summed E-state index contributed by atoms with van der Waals surface area (Å²) in [5.74, 6) is -1.06. The lowest BCUT2D eigenvalue weighted by Gasteiger charge is -2.29. The van der Waals surface area contributed by atoms with Crippen LogP contribution in [0.5, 0.6) is 5.75 Å². The largest absolute Gasteiger partial charge is 0.491 e. The van der Waals surface area contributed by atoms with Crippen molar-refractivity contribution in [2.24, 2.45) is 5.92 Å². The van der Waals surface area contributed by atoms with Gasteiger partial charge in [-0.25, -0.2) is 8.78 Å². The van der Waals surface area contributed by atoms with Gasteiger partial charge in [-0.1, -0.05) is 81.8 Å². The molecule has 0 unspecified atom stereocenters. The first kappa shape index (κ1) is 27.3. The van der Waals surface area contributed by atoms with Gasteiger partial charge in [-0.15, -0.1) is 0 Å². The lowest BCUT2D eigenvalue weighted by molar-refractivity contribution is 0.298. The molecule has 0 spiro atoms. The van der Waals surface area contributed by atoms with Crippen LogP contribution in [0.2, 0.25) is 0 Å². The second kappa shape index (κ2) is 13.2. The van der Waals surface area contributed by atoms with Crippen molar-refractivity contribution >= 4 is 0 Å². The Bertz CT molecular complexity index is 1150. The van der Waals surface area contributed by atoms with Crippen molar-refractivity contribution in [2.45, 2.75) is 84.0 Å². The molecule has 4 heteroatoms. The second-order valence-electron chi connectivity index (χ2n) is 10.4. The summed E-state index contributed by atoms with van der Waals surface area (Å²) < 4.78 is 49.2. The van der Waals surface area contributed by atoms with Crippen LogP contribution < -0.4 is 4.74 Å². The molecule has 0 saturated heterocycles. The maximum atomic E-state index is 15.2. The molecule has 4 rings (SSSR count). The zero-order valence-corrected chi connectivity index (χ0v) is 22.2. The van der Waals surface area contributed by atoms with Crippen molar-refractivity contribution < 1.29 is 17.9 Å². The lowest BCUT2D eigenvalue weighted by atomic mass is 9.76. The summed E-state index contributed by atoms with van der Waals surface area (Å²) in [6, 6.07) is 15.6. The molecule has 0 amide bonds. The molecule has 1 aliphatic carbocycles. The van der Waals surface area contributed by atoms with Crippen LogP contribution >= 0.6 is 0 Å². The van der Waals surface area contributed by atoms with Gasteiger partial charge < -0.3 is 4.74 Å². The van der Waals surface area contributed by atoms with Crippen LogP contribution in [0.4, 0.5) is 13.2 Å². The van der Waals surface area contributed by atoms with Crippen LogP contribution in [0.3, 0.4) is 0 Å². The van der Waals surface area contributed by atoms with Gasteiger partial charge in [-0.2, -0.15) is 4.39 Å². The van der Waals surface area contributed by atoms with Gasteiger partial charge >= 0.3 is 0 Å². The fourth-order valence-corrected chi connectivity index (χ4v) is 5.70. The molecular weight excluding hydrogens is 469 g/mol. The molecule has 3 aromatic rings. The van der Waals surface area contributed by atoms with Crippen LogP contribution in [0, 0.1) is 23.4 Å². The van der Waals surface area contributed by atoms with Gasteiger partial charge in [0.25, 0.3) is 0 Å². The Morgan fingerprint density at radius 1 is 0.703 bits per heavy atom. The molecule has 0 bridgehead atoms. The molecule has 0 radical (unpaired) electrons. The minimum Gasteiger partial charge on any atom is -0.491 e. The summed E-state index contributed by atoms with van der Waals surface area (Å²) in [4.78, 5) is 0. The zero-order chi connectivity index (χ0) is 26.2. The van der Waals surface area contributed by atoms with Gasteiger partial charge in [0.1, 0.15) is 5.82 Å². The van der Waals surface area contributed by atoms with Crippen LogP contribution in [0.1, 0.15) is 89.5 Å². The van der Waals surface area contributed by atoms with E-state index in [1.54, 1.807) is 25.1 Å². The average Bonchev–Trinajstić information content (AvgIpc) is 2.92. The summed E-state index contributed by atoms with van der Waals surface area (Å²) in [6.45, 7) is 4.24. The van der Waals surface area contributed by atoms with E-state index in [1.165, 1.54) is 63.5 Å². The predicted octanol–water partition coefficient (Wildman–Crippen LogP) is 10.5. The van der Waals surface area contributed by atoms with Crippen molar-refractivity contribution in [3.8, 4) is 28.0 Å². The number of hydrogen-bond acceptors (Lipinski definition) is 1. The van der Waals surface area contributed by atoms with E-state index < -0.39 is 11.6 Å². The molecule has 198 valence electrons. The monoisotopic (exact) mass is 508 g/mol.